The first kappa shape index (κ1) is 17.9. The van der Waals surface area contributed by atoms with Crippen LogP contribution in [0, 0.1) is 0 Å². The van der Waals surface area contributed by atoms with E-state index in [1.807, 2.05) is 12.1 Å². The minimum Gasteiger partial charge on any atom is -0.379 e. The van der Waals surface area contributed by atoms with Crippen molar-refractivity contribution >= 4 is 11.7 Å². The van der Waals surface area contributed by atoms with Crippen LogP contribution in [0.3, 0.4) is 0 Å². The van der Waals surface area contributed by atoms with Crippen LogP contribution in [0.4, 0.5) is 10.5 Å². The van der Waals surface area contributed by atoms with Crippen LogP contribution in [0.1, 0.15) is 30.3 Å². The molecule has 0 radical (unpaired) electrons. The summed E-state index contributed by atoms with van der Waals surface area (Å²) in [5.41, 5.74) is 2.07. The highest BCUT2D eigenvalue weighted by Crippen LogP contribution is 2.29. The summed E-state index contributed by atoms with van der Waals surface area (Å²) in [4.78, 5) is 16.8. The van der Waals surface area contributed by atoms with Gasteiger partial charge in [0.25, 0.3) is 0 Å². The number of nitrogens with zero attached hydrogens (tertiary/aromatic N) is 5. The van der Waals surface area contributed by atoms with Crippen molar-refractivity contribution in [1.82, 2.24) is 30.4 Å². The molecule has 2 amide bonds. The molecule has 3 heterocycles. The van der Waals surface area contributed by atoms with Crippen LogP contribution in [-0.2, 0) is 11.2 Å². The summed E-state index contributed by atoms with van der Waals surface area (Å²) in [6, 6.07) is 7.85. The van der Waals surface area contributed by atoms with Gasteiger partial charge in [0.15, 0.2) is 5.82 Å². The van der Waals surface area contributed by atoms with E-state index in [9.17, 15) is 4.79 Å². The largest absolute Gasteiger partial charge is 0.379 e. The lowest BCUT2D eigenvalue weighted by Gasteiger charge is -2.26. The average molecular weight is 371 g/mol. The summed E-state index contributed by atoms with van der Waals surface area (Å²) >= 11 is 0. The van der Waals surface area contributed by atoms with E-state index in [0.29, 0.717) is 12.4 Å². The van der Waals surface area contributed by atoms with Crippen molar-refractivity contribution in [1.29, 1.82) is 0 Å². The van der Waals surface area contributed by atoms with Crippen molar-refractivity contribution in [3.63, 3.8) is 0 Å². The Morgan fingerprint density at radius 2 is 2.04 bits per heavy atom. The minimum absolute atomic E-state index is 0.114. The summed E-state index contributed by atoms with van der Waals surface area (Å²) < 4.78 is 5.38. The number of H-pyrrole nitrogens is 1. The van der Waals surface area contributed by atoms with Crippen LogP contribution < -0.4 is 5.32 Å². The molecule has 9 heteroatoms. The molecule has 2 saturated heterocycles. The predicted octanol–water partition coefficient (Wildman–Crippen LogP) is 1.44. The fourth-order valence-corrected chi connectivity index (χ4v) is 3.65. The van der Waals surface area contributed by atoms with E-state index in [-0.39, 0.29) is 12.1 Å². The molecule has 4 rings (SSSR count). The molecule has 2 aliphatic rings. The van der Waals surface area contributed by atoms with Gasteiger partial charge >= 0.3 is 6.03 Å². The minimum atomic E-state index is -0.122. The van der Waals surface area contributed by atoms with Gasteiger partial charge < -0.3 is 15.0 Å². The fraction of sp³-hybridized carbons (Fsp3) is 0.556. The third kappa shape index (κ3) is 4.42. The number of ether oxygens (including phenoxy) is 1. The summed E-state index contributed by atoms with van der Waals surface area (Å²) in [5.74, 6) is 0.570. The Hall–Kier alpha value is -2.52. The van der Waals surface area contributed by atoms with E-state index in [2.05, 4.69) is 43.0 Å². The SMILES string of the molecule is O=C(Nc1ccc(CCN2CCOCC2)cc1)N1CCCC1c1nn[nH]n1. The number of morpholine rings is 1. The van der Waals surface area contributed by atoms with Crippen molar-refractivity contribution in [3.8, 4) is 0 Å². The lowest BCUT2D eigenvalue weighted by molar-refractivity contribution is 0.0384. The van der Waals surface area contributed by atoms with E-state index < -0.39 is 0 Å². The Morgan fingerprint density at radius 1 is 1.22 bits per heavy atom. The Bertz CT molecular complexity index is 729. The summed E-state index contributed by atoms with van der Waals surface area (Å²) in [5, 5.41) is 17.1. The molecule has 9 nitrogen and oxygen atoms in total. The molecule has 1 unspecified atom stereocenters. The van der Waals surface area contributed by atoms with Crippen molar-refractivity contribution in [3.05, 3.63) is 35.7 Å². The van der Waals surface area contributed by atoms with E-state index >= 15 is 0 Å². The molecule has 2 aliphatic heterocycles. The Morgan fingerprint density at radius 3 is 2.78 bits per heavy atom. The van der Waals surface area contributed by atoms with Crippen molar-refractivity contribution < 1.29 is 9.53 Å². The second kappa shape index (κ2) is 8.45. The predicted molar refractivity (Wildman–Crippen MR) is 99.3 cm³/mol. The highest BCUT2D eigenvalue weighted by Gasteiger charge is 2.32. The maximum Gasteiger partial charge on any atom is 0.322 e. The third-order valence-electron chi connectivity index (χ3n) is 5.20. The molecule has 27 heavy (non-hydrogen) atoms. The van der Waals surface area contributed by atoms with Crippen molar-refractivity contribution in [2.75, 3.05) is 44.7 Å². The van der Waals surface area contributed by atoms with Crippen LogP contribution in [0.25, 0.3) is 0 Å². The lowest BCUT2D eigenvalue weighted by atomic mass is 10.1. The molecular weight excluding hydrogens is 346 g/mol. The van der Waals surface area contributed by atoms with E-state index in [4.69, 9.17) is 4.74 Å². The number of likely N-dealkylation sites (tertiary alicyclic amines) is 1. The monoisotopic (exact) mass is 371 g/mol. The van der Waals surface area contributed by atoms with Crippen LogP contribution in [0.2, 0.25) is 0 Å². The number of hydrogen-bond acceptors (Lipinski definition) is 6. The third-order valence-corrected chi connectivity index (χ3v) is 5.20. The average Bonchev–Trinajstić information content (AvgIpc) is 3.39. The first-order chi connectivity index (χ1) is 13.3. The van der Waals surface area contributed by atoms with Crippen LogP contribution >= 0.6 is 0 Å². The first-order valence-corrected chi connectivity index (χ1v) is 9.49. The molecule has 2 aromatic rings. The molecule has 0 bridgehead atoms. The van der Waals surface area contributed by atoms with Crippen LogP contribution in [0.15, 0.2) is 24.3 Å². The van der Waals surface area contributed by atoms with Crippen LogP contribution in [0.5, 0.6) is 0 Å². The number of hydrogen-bond donors (Lipinski definition) is 2. The summed E-state index contributed by atoms with van der Waals surface area (Å²) in [6.45, 7) is 5.40. The molecule has 1 atom stereocenters. The molecule has 1 aromatic heterocycles. The van der Waals surface area contributed by atoms with Gasteiger partial charge in [0.05, 0.1) is 19.3 Å². The summed E-state index contributed by atoms with van der Waals surface area (Å²) in [7, 11) is 0. The van der Waals surface area contributed by atoms with Gasteiger partial charge in [0, 0.05) is 31.9 Å². The highest BCUT2D eigenvalue weighted by atomic mass is 16.5. The lowest BCUT2D eigenvalue weighted by Crippen LogP contribution is -2.37. The van der Waals surface area contributed by atoms with Crippen molar-refractivity contribution in [2.45, 2.75) is 25.3 Å². The molecule has 1 aromatic carbocycles. The second-order valence-corrected chi connectivity index (χ2v) is 6.95. The molecular formula is C18H25N7O2. The number of benzene rings is 1. The topological polar surface area (TPSA) is 99.3 Å². The number of urea groups is 1. The van der Waals surface area contributed by atoms with Gasteiger partial charge in [-0.3, -0.25) is 4.90 Å². The number of carbonyl (C=O) groups is 1. The van der Waals surface area contributed by atoms with E-state index in [1.165, 1.54) is 5.56 Å². The number of aromatic amines is 1. The molecule has 144 valence electrons. The number of aromatic nitrogens is 4. The molecule has 0 aliphatic carbocycles. The summed E-state index contributed by atoms with van der Waals surface area (Å²) in [6.07, 6.45) is 2.79. The van der Waals surface area contributed by atoms with Gasteiger partial charge in [-0.2, -0.15) is 5.21 Å². The van der Waals surface area contributed by atoms with Gasteiger partial charge in [0.1, 0.15) is 0 Å². The number of carbonyl (C=O) groups excluding carboxylic acids is 1. The zero-order valence-corrected chi connectivity index (χ0v) is 15.3. The number of nitrogens with one attached hydrogen (secondary N) is 2. The Balaban J connectivity index is 1.30. The highest BCUT2D eigenvalue weighted by molar-refractivity contribution is 5.89. The molecule has 2 fully saturated rings. The number of amides is 2. The fourth-order valence-electron chi connectivity index (χ4n) is 3.65. The molecule has 2 N–H and O–H groups in total. The van der Waals surface area contributed by atoms with Gasteiger partial charge in [0.2, 0.25) is 0 Å². The number of anilines is 1. The van der Waals surface area contributed by atoms with E-state index in [1.54, 1.807) is 4.90 Å². The Labute approximate surface area is 158 Å². The standard InChI is InChI=1S/C18H25N7O2/c26-18(25-8-1-2-16(25)17-20-22-23-21-17)19-15-5-3-14(4-6-15)7-9-24-10-12-27-13-11-24/h3-6,16H,1-2,7-13H2,(H,19,26)(H,20,21,22,23). The zero-order valence-electron chi connectivity index (χ0n) is 15.3. The van der Waals surface area contributed by atoms with E-state index in [0.717, 1.165) is 57.8 Å². The zero-order chi connectivity index (χ0) is 18.5. The van der Waals surface area contributed by atoms with Crippen LogP contribution in [-0.4, -0.2) is 75.8 Å². The quantitative estimate of drug-likeness (QED) is 0.825. The molecule has 0 saturated carbocycles. The second-order valence-electron chi connectivity index (χ2n) is 6.95. The van der Waals surface area contributed by atoms with Gasteiger partial charge in [-0.15, -0.1) is 10.2 Å². The van der Waals surface area contributed by atoms with Gasteiger partial charge in [-0.25, -0.2) is 4.79 Å². The normalized spacial score (nSPS) is 20.7. The molecule has 0 spiro atoms. The van der Waals surface area contributed by atoms with Gasteiger partial charge in [-0.05, 0) is 37.0 Å². The first-order valence-electron chi connectivity index (χ1n) is 9.49. The van der Waals surface area contributed by atoms with Crippen molar-refractivity contribution in [2.24, 2.45) is 0 Å². The number of tetrazole rings is 1. The number of rotatable bonds is 5. The van der Waals surface area contributed by atoms with Gasteiger partial charge in [-0.1, -0.05) is 17.3 Å². The maximum absolute atomic E-state index is 12.6. The Kier molecular flexibility index (Phi) is 5.59. The maximum atomic E-state index is 12.6. The smallest absolute Gasteiger partial charge is 0.322 e.